The number of nitrogens with zero attached hydrogens (tertiary/aromatic N) is 3. The van der Waals surface area contributed by atoms with Gasteiger partial charge in [0, 0.05) is 32.0 Å². The van der Waals surface area contributed by atoms with Gasteiger partial charge in [-0.25, -0.2) is 0 Å². The fourth-order valence-electron chi connectivity index (χ4n) is 2.39. The Bertz CT molecular complexity index is 490. The first kappa shape index (κ1) is 12.6. The van der Waals surface area contributed by atoms with Crippen molar-refractivity contribution < 1.29 is 5.21 Å². The molecule has 4 nitrogen and oxygen atoms in total. The summed E-state index contributed by atoms with van der Waals surface area (Å²) in [6.07, 6.45) is 0.815. The number of oxime groups is 1. The van der Waals surface area contributed by atoms with Gasteiger partial charge in [0.15, 0.2) is 0 Å². The first-order valence-corrected chi connectivity index (χ1v) is 6.15. The Kier molecular flexibility index (Phi) is 3.96. The lowest BCUT2D eigenvalue weighted by Gasteiger charge is -2.31. The lowest BCUT2D eigenvalue weighted by molar-refractivity contribution is 0.228. The summed E-state index contributed by atoms with van der Waals surface area (Å²) in [6.45, 7) is 4.72. The third kappa shape index (κ3) is 2.88. The van der Waals surface area contributed by atoms with Crippen LogP contribution in [0.1, 0.15) is 24.5 Å². The number of likely N-dealkylation sites (tertiary alicyclic amines) is 1. The number of benzene rings is 1. The smallest absolute Gasteiger partial charge is 0.0991 e. The number of hydrogen-bond donors (Lipinski definition) is 1. The molecule has 1 atom stereocenters. The van der Waals surface area contributed by atoms with Crippen molar-refractivity contribution >= 4 is 5.71 Å². The highest BCUT2D eigenvalue weighted by molar-refractivity contribution is 5.86. The van der Waals surface area contributed by atoms with Crippen LogP contribution in [0.25, 0.3) is 0 Å². The van der Waals surface area contributed by atoms with Crippen LogP contribution in [-0.4, -0.2) is 28.9 Å². The molecule has 1 unspecified atom stereocenters. The molecule has 2 rings (SSSR count). The second-order valence-corrected chi connectivity index (χ2v) is 4.79. The van der Waals surface area contributed by atoms with E-state index in [4.69, 9.17) is 10.5 Å². The van der Waals surface area contributed by atoms with Crippen molar-refractivity contribution in [1.29, 1.82) is 5.26 Å². The molecule has 1 aliphatic rings. The van der Waals surface area contributed by atoms with Gasteiger partial charge in [-0.05, 0) is 17.7 Å². The normalized spacial score (nSPS) is 22.9. The van der Waals surface area contributed by atoms with Crippen molar-refractivity contribution in [2.24, 2.45) is 11.1 Å². The molecule has 0 amide bonds. The van der Waals surface area contributed by atoms with Gasteiger partial charge in [-0.2, -0.15) is 5.26 Å². The zero-order valence-corrected chi connectivity index (χ0v) is 10.5. The topological polar surface area (TPSA) is 59.6 Å². The van der Waals surface area contributed by atoms with Crippen LogP contribution in [0.2, 0.25) is 0 Å². The summed E-state index contributed by atoms with van der Waals surface area (Å²) in [4.78, 5) is 2.33. The van der Waals surface area contributed by atoms with E-state index in [0.29, 0.717) is 11.5 Å². The molecule has 1 aromatic rings. The Morgan fingerprint density at radius 3 is 3.06 bits per heavy atom. The molecule has 1 saturated heterocycles. The van der Waals surface area contributed by atoms with Gasteiger partial charge in [0.2, 0.25) is 0 Å². The quantitative estimate of drug-likeness (QED) is 0.640. The van der Waals surface area contributed by atoms with Crippen LogP contribution in [0, 0.1) is 17.2 Å². The minimum atomic E-state index is 0.294. The molecule has 4 heteroatoms. The average molecular weight is 243 g/mol. The summed E-state index contributed by atoms with van der Waals surface area (Å²) in [5.41, 5.74) is 2.75. The van der Waals surface area contributed by atoms with Crippen molar-refractivity contribution in [2.75, 3.05) is 13.1 Å². The van der Waals surface area contributed by atoms with Gasteiger partial charge in [0.05, 0.1) is 17.3 Å². The maximum absolute atomic E-state index is 8.87. The van der Waals surface area contributed by atoms with E-state index in [1.807, 2.05) is 24.3 Å². The molecule has 0 bridgehead atoms. The third-order valence-corrected chi connectivity index (χ3v) is 3.38. The number of piperidine rings is 1. The Hall–Kier alpha value is -1.86. The second-order valence-electron chi connectivity index (χ2n) is 4.79. The van der Waals surface area contributed by atoms with Gasteiger partial charge in [-0.3, -0.25) is 4.90 Å². The number of rotatable bonds is 2. The second kappa shape index (κ2) is 5.65. The Morgan fingerprint density at radius 2 is 2.39 bits per heavy atom. The molecule has 0 spiro atoms. The first-order chi connectivity index (χ1) is 8.72. The molecule has 0 aromatic heterocycles. The molecule has 1 heterocycles. The monoisotopic (exact) mass is 243 g/mol. The summed E-state index contributed by atoms with van der Waals surface area (Å²) in [5.74, 6) is 0.294. The van der Waals surface area contributed by atoms with Crippen molar-refractivity contribution in [3.63, 3.8) is 0 Å². The summed E-state index contributed by atoms with van der Waals surface area (Å²) >= 11 is 0. The summed E-state index contributed by atoms with van der Waals surface area (Å²) in [7, 11) is 0. The van der Waals surface area contributed by atoms with E-state index < -0.39 is 0 Å². The Labute approximate surface area is 107 Å². The van der Waals surface area contributed by atoms with Crippen LogP contribution >= 0.6 is 0 Å². The van der Waals surface area contributed by atoms with Crippen LogP contribution in [-0.2, 0) is 6.54 Å². The lowest BCUT2D eigenvalue weighted by atomic mass is 9.97. The summed E-state index contributed by atoms with van der Waals surface area (Å²) in [5, 5.41) is 21.1. The van der Waals surface area contributed by atoms with E-state index in [2.05, 4.69) is 23.0 Å². The van der Waals surface area contributed by atoms with E-state index in [9.17, 15) is 0 Å². The van der Waals surface area contributed by atoms with Gasteiger partial charge < -0.3 is 5.21 Å². The molecule has 18 heavy (non-hydrogen) atoms. The molecular weight excluding hydrogens is 226 g/mol. The third-order valence-electron chi connectivity index (χ3n) is 3.38. The molecular formula is C14H17N3O. The molecule has 0 radical (unpaired) electrons. The molecule has 94 valence electrons. The van der Waals surface area contributed by atoms with Crippen molar-refractivity contribution in [3.8, 4) is 6.07 Å². The van der Waals surface area contributed by atoms with Crippen LogP contribution in [0.4, 0.5) is 0 Å². The minimum Gasteiger partial charge on any atom is -0.411 e. The lowest BCUT2D eigenvalue weighted by Crippen LogP contribution is -2.39. The highest BCUT2D eigenvalue weighted by Crippen LogP contribution is 2.16. The molecule has 1 N–H and O–H groups in total. The Morgan fingerprint density at radius 1 is 1.56 bits per heavy atom. The van der Waals surface area contributed by atoms with E-state index in [1.54, 1.807) is 0 Å². The van der Waals surface area contributed by atoms with Crippen LogP contribution in [0.15, 0.2) is 29.4 Å². The largest absolute Gasteiger partial charge is 0.411 e. The van der Waals surface area contributed by atoms with Gasteiger partial charge in [-0.1, -0.05) is 24.2 Å². The number of hydrogen-bond acceptors (Lipinski definition) is 4. The molecule has 1 aromatic carbocycles. The summed E-state index contributed by atoms with van der Waals surface area (Å²) < 4.78 is 0. The van der Waals surface area contributed by atoms with E-state index >= 15 is 0 Å². The Balaban J connectivity index is 2.00. The predicted octanol–water partition coefficient (Wildman–Crippen LogP) is 2.23. The molecule has 0 saturated carbocycles. The maximum atomic E-state index is 8.87. The zero-order chi connectivity index (χ0) is 13.0. The van der Waals surface area contributed by atoms with Gasteiger partial charge in [-0.15, -0.1) is 0 Å². The van der Waals surface area contributed by atoms with Crippen LogP contribution < -0.4 is 0 Å². The predicted molar refractivity (Wildman–Crippen MR) is 69.4 cm³/mol. The van der Waals surface area contributed by atoms with Crippen molar-refractivity contribution in [2.45, 2.75) is 19.9 Å². The maximum Gasteiger partial charge on any atom is 0.0991 e. The van der Waals surface area contributed by atoms with E-state index in [0.717, 1.165) is 37.3 Å². The molecule has 1 fully saturated rings. The minimum absolute atomic E-state index is 0.294. The SMILES string of the molecule is CC1CN(Cc2cccc(C#N)c2)CC/C1=N\O. The highest BCUT2D eigenvalue weighted by atomic mass is 16.4. The van der Waals surface area contributed by atoms with Crippen LogP contribution in [0.3, 0.4) is 0 Å². The van der Waals surface area contributed by atoms with Crippen molar-refractivity contribution in [3.05, 3.63) is 35.4 Å². The van der Waals surface area contributed by atoms with E-state index in [1.165, 1.54) is 0 Å². The van der Waals surface area contributed by atoms with E-state index in [-0.39, 0.29) is 0 Å². The standard InChI is InChI=1S/C14H17N3O/c1-11-9-17(6-5-14(11)16-18)10-13-4-2-3-12(7-13)8-15/h2-4,7,11,18H,5-6,9-10H2,1H3/b16-14+. The molecule has 1 aliphatic heterocycles. The van der Waals surface area contributed by atoms with Gasteiger partial charge in [0.25, 0.3) is 0 Å². The number of nitriles is 1. The zero-order valence-electron chi connectivity index (χ0n) is 10.5. The fourth-order valence-corrected chi connectivity index (χ4v) is 2.39. The van der Waals surface area contributed by atoms with Gasteiger partial charge in [0.1, 0.15) is 0 Å². The fraction of sp³-hybridized carbons (Fsp3) is 0.429. The van der Waals surface area contributed by atoms with Crippen molar-refractivity contribution in [1.82, 2.24) is 4.90 Å². The van der Waals surface area contributed by atoms with Crippen LogP contribution in [0.5, 0.6) is 0 Å². The summed E-state index contributed by atoms with van der Waals surface area (Å²) in [6, 6.07) is 9.87. The van der Waals surface area contributed by atoms with Gasteiger partial charge >= 0.3 is 0 Å². The first-order valence-electron chi connectivity index (χ1n) is 6.15. The average Bonchev–Trinajstić information content (AvgIpc) is 2.39. The molecule has 0 aliphatic carbocycles. The highest BCUT2D eigenvalue weighted by Gasteiger charge is 2.22.